The van der Waals surface area contributed by atoms with Crippen LogP contribution in [0.15, 0.2) is 46.4 Å². The van der Waals surface area contributed by atoms with Gasteiger partial charge in [0.05, 0.1) is 17.2 Å². The van der Waals surface area contributed by atoms with E-state index in [9.17, 15) is 9.59 Å². The number of carbonyl (C=O) groups is 2. The van der Waals surface area contributed by atoms with Gasteiger partial charge in [0, 0.05) is 9.81 Å². The number of amides is 2. The zero-order valence-electron chi connectivity index (χ0n) is 11.3. The second kappa shape index (κ2) is 6.23. The summed E-state index contributed by atoms with van der Waals surface area (Å²) < 4.78 is 0. The predicted molar refractivity (Wildman–Crippen MR) is 86.2 cm³/mol. The minimum Gasteiger partial charge on any atom is -0.298 e. The van der Waals surface area contributed by atoms with Crippen LogP contribution in [-0.2, 0) is 11.3 Å². The van der Waals surface area contributed by atoms with Crippen LogP contribution in [0.2, 0.25) is 0 Å². The number of hydrogen-bond donors (Lipinski definition) is 0. The number of hydrogen-bond acceptors (Lipinski definition) is 4. The summed E-state index contributed by atoms with van der Waals surface area (Å²) in [6, 6.07) is 11.4. The Labute approximate surface area is 134 Å². The van der Waals surface area contributed by atoms with E-state index in [0.717, 1.165) is 15.5 Å². The molecule has 0 saturated heterocycles. The van der Waals surface area contributed by atoms with E-state index < -0.39 is 5.91 Å². The number of thioether (sulfide) groups is 1. The molecule has 0 radical (unpaired) electrons. The van der Waals surface area contributed by atoms with Crippen molar-refractivity contribution in [3.05, 3.63) is 57.3 Å². The summed E-state index contributed by atoms with van der Waals surface area (Å²) in [5, 5.41) is 3.84. The van der Waals surface area contributed by atoms with Crippen LogP contribution >= 0.6 is 23.1 Å². The van der Waals surface area contributed by atoms with E-state index in [1.54, 1.807) is 11.0 Å². The summed E-state index contributed by atoms with van der Waals surface area (Å²) in [5.41, 5.74) is 9.38. The normalized spacial score (nSPS) is 13.5. The zero-order valence-corrected chi connectivity index (χ0v) is 12.9. The zero-order chi connectivity index (χ0) is 15.5. The van der Waals surface area contributed by atoms with Crippen molar-refractivity contribution in [3.63, 3.8) is 0 Å². The number of rotatable bonds is 3. The van der Waals surface area contributed by atoms with E-state index in [1.807, 2.05) is 30.3 Å². The molecule has 110 valence electrons. The lowest BCUT2D eigenvalue weighted by molar-refractivity contribution is -0.116. The smallest absolute Gasteiger partial charge is 0.259 e. The second-order valence-corrected chi connectivity index (χ2v) is 6.58. The molecule has 2 heterocycles. The Balaban J connectivity index is 1.94. The van der Waals surface area contributed by atoms with Gasteiger partial charge < -0.3 is 0 Å². The summed E-state index contributed by atoms with van der Waals surface area (Å²) in [6.45, 7) is 0.461. The summed E-state index contributed by atoms with van der Waals surface area (Å²) in [6.07, 6.45) is 0. The lowest BCUT2D eigenvalue weighted by Crippen LogP contribution is -2.33. The Hall–Kier alpha value is -2.28. The molecule has 6 nitrogen and oxygen atoms in total. The third-order valence-electron chi connectivity index (χ3n) is 3.11. The Morgan fingerprint density at radius 3 is 2.86 bits per heavy atom. The molecule has 0 spiro atoms. The molecular weight excluding hydrogens is 320 g/mol. The lowest BCUT2D eigenvalue weighted by Gasteiger charge is -2.26. The second-order valence-electron chi connectivity index (χ2n) is 4.53. The maximum absolute atomic E-state index is 12.2. The van der Waals surface area contributed by atoms with E-state index in [1.165, 1.54) is 23.1 Å². The quantitative estimate of drug-likeness (QED) is 0.487. The Kier molecular flexibility index (Phi) is 4.15. The van der Waals surface area contributed by atoms with Gasteiger partial charge in [-0.05, 0) is 22.3 Å². The fourth-order valence-electron chi connectivity index (χ4n) is 2.11. The standard InChI is InChI=1S/C14H10N4O2S2/c15-17-16-13(20)10-6-11-14(22-10)18(12(19)8-21-11)7-9-4-2-1-3-5-9/h1-6H,7-8H2. The van der Waals surface area contributed by atoms with Gasteiger partial charge in [-0.15, -0.1) is 23.1 Å². The largest absolute Gasteiger partial charge is 0.298 e. The first-order chi connectivity index (χ1) is 10.7. The lowest BCUT2D eigenvalue weighted by atomic mass is 10.2. The van der Waals surface area contributed by atoms with E-state index in [2.05, 4.69) is 10.0 Å². The average molecular weight is 330 g/mol. The molecule has 22 heavy (non-hydrogen) atoms. The van der Waals surface area contributed by atoms with Gasteiger partial charge in [-0.3, -0.25) is 14.5 Å². The first kappa shape index (κ1) is 14.6. The third-order valence-corrected chi connectivity index (χ3v) is 5.40. The van der Waals surface area contributed by atoms with Gasteiger partial charge in [0.25, 0.3) is 5.91 Å². The molecule has 1 aliphatic rings. The van der Waals surface area contributed by atoms with E-state index in [-0.39, 0.29) is 5.91 Å². The molecular formula is C14H10N4O2S2. The number of fused-ring (bicyclic) bond motifs is 1. The SMILES string of the molecule is [N-]=[N+]=NC(=O)c1cc2c(s1)N(Cc1ccccc1)C(=O)CS2. The van der Waals surface area contributed by atoms with Gasteiger partial charge in [0.15, 0.2) is 0 Å². The molecule has 0 N–H and O–H groups in total. The molecule has 1 aliphatic heterocycles. The molecule has 1 aromatic carbocycles. The number of anilines is 1. The average Bonchev–Trinajstić information content (AvgIpc) is 2.96. The highest BCUT2D eigenvalue weighted by atomic mass is 32.2. The van der Waals surface area contributed by atoms with Gasteiger partial charge >= 0.3 is 0 Å². The first-order valence-corrected chi connectivity index (χ1v) is 8.19. The Morgan fingerprint density at radius 1 is 1.36 bits per heavy atom. The summed E-state index contributed by atoms with van der Waals surface area (Å²) in [4.78, 5) is 29.3. The maximum atomic E-state index is 12.2. The van der Waals surface area contributed by atoms with Crippen LogP contribution in [0, 0.1) is 0 Å². The van der Waals surface area contributed by atoms with Crippen LogP contribution < -0.4 is 4.90 Å². The van der Waals surface area contributed by atoms with Gasteiger partial charge in [0.2, 0.25) is 5.91 Å². The Morgan fingerprint density at radius 2 is 2.14 bits per heavy atom. The number of carbonyl (C=O) groups excluding carboxylic acids is 2. The minimum atomic E-state index is -0.616. The molecule has 1 aromatic heterocycles. The fraction of sp³-hybridized carbons (Fsp3) is 0.143. The highest BCUT2D eigenvalue weighted by molar-refractivity contribution is 8.00. The predicted octanol–water partition coefficient (Wildman–Crippen LogP) is 3.84. The molecule has 0 aliphatic carbocycles. The van der Waals surface area contributed by atoms with Gasteiger partial charge in [-0.25, -0.2) is 0 Å². The van der Waals surface area contributed by atoms with Crippen molar-refractivity contribution in [1.29, 1.82) is 0 Å². The van der Waals surface area contributed by atoms with Gasteiger partial charge in [-0.1, -0.05) is 30.3 Å². The maximum Gasteiger partial charge on any atom is 0.259 e. The van der Waals surface area contributed by atoms with E-state index in [0.29, 0.717) is 17.2 Å². The fourth-order valence-corrected chi connectivity index (χ4v) is 4.30. The van der Waals surface area contributed by atoms with E-state index >= 15 is 0 Å². The van der Waals surface area contributed by atoms with Crippen LogP contribution in [0.1, 0.15) is 15.2 Å². The molecule has 0 atom stereocenters. The molecule has 2 aromatic rings. The summed E-state index contributed by atoms with van der Waals surface area (Å²) in [5.74, 6) is -0.272. The molecule has 0 fully saturated rings. The molecule has 0 bridgehead atoms. The molecule has 8 heteroatoms. The van der Waals surface area contributed by atoms with Crippen LogP contribution in [-0.4, -0.2) is 17.6 Å². The highest BCUT2D eigenvalue weighted by Crippen LogP contribution is 2.43. The van der Waals surface area contributed by atoms with Crippen LogP contribution in [0.3, 0.4) is 0 Å². The van der Waals surface area contributed by atoms with Crippen molar-refractivity contribution in [2.45, 2.75) is 11.4 Å². The van der Waals surface area contributed by atoms with Gasteiger partial charge in [-0.2, -0.15) is 0 Å². The van der Waals surface area contributed by atoms with Crippen molar-refractivity contribution in [3.8, 4) is 0 Å². The van der Waals surface area contributed by atoms with E-state index in [4.69, 9.17) is 5.53 Å². The van der Waals surface area contributed by atoms with Gasteiger partial charge in [0.1, 0.15) is 5.00 Å². The van der Waals surface area contributed by atoms with Crippen molar-refractivity contribution < 1.29 is 9.59 Å². The van der Waals surface area contributed by atoms with Crippen molar-refractivity contribution in [1.82, 2.24) is 0 Å². The third kappa shape index (κ3) is 2.85. The van der Waals surface area contributed by atoms with Crippen molar-refractivity contribution in [2.24, 2.45) is 5.11 Å². The number of benzene rings is 1. The number of nitrogens with zero attached hydrogens (tertiary/aromatic N) is 4. The van der Waals surface area contributed by atoms with Crippen LogP contribution in [0.4, 0.5) is 5.00 Å². The number of azide groups is 1. The minimum absolute atomic E-state index is 0.00554. The Bertz CT molecular complexity index is 781. The topological polar surface area (TPSA) is 86.1 Å². The molecule has 0 saturated carbocycles. The van der Waals surface area contributed by atoms with Crippen molar-refractivity contribution >= 4 is 39.9 Å². The highest BCUT2D eigenvalue weighted by Gasteiger charge is 2.28. The molecule has 0 unspecified atom stereocenters. The number of thiophene rings is 1. The summed E-state index contributed by atoms with van der Waals surface area (Å²) in [7, 11) is 0. The molecule has 2 amide bonds. The van der Waals surface area contributed by atoms with Crippen LogP contribution in [0.25, 0.3) is 10.4 Å². The van der Waals surface area contributed by atoms with Crippen LogP contribution in [0.5, 0.6) is 0 Å². The first-order valence-electron chi connectivity index (χ1n) is 6.39. The molecule has 3 rings (SSSR count). The summed E-state index contributed by atoms with van der Waals surface area (Å²) >= 11 is 2.58. The van der Waals surface area contributed by atoms with Crippen molar-refractivity contribution in [2.75, 3.05) is 10.7 Å². The monoisotopic (exact) mass is 330 g/mol.